The molecule has 0 aliphatic rings. The van der Waals surface area contributed by atoms with Gasteiger partial charge in [-0.05, 0) is 52.4 Å². The molecule has 0 aromatic carbocycles. The summed E-state index contributed by atoms with van der Waals surface area (Å²) in [7, 11) is 0. The van der Waals surface area contributed by atoms with Crippen molar-refractivity contribution in [3.05, 3.63) is 0 Å². The van der Waals surface area contributed by atoms with Crippen LogP contribution < -0.4 is 0 Å². The van der Waals surface area contributed by atoms with Gasteiger partial charge in [0.25, 0.3) is 0 Å². The van der Waals surface area contributed by atoms with Gasteiger partial charge in [0.15, 0.2) is 5.41 Å². The highest BCUT2D eigenvalue weighted by Crippen LogP contribution is 2.37. The average molecular weight is 328 g/mol. The molecule has 0 aliphatic heterocycles. The standard InChI is InChI=1S/C19H36O4/c1-13(2)10-9-11-19(12-14(3)4,17(20)22-15(5)6)18(21)23-16(7)8/h13-16H,9-12H2,1-8H3. The van der Waals surface area contributed by atoms with Crippen LogP contribution in [0.15, 0.2) is 0 Å². The summed E-state index contributed by atoms with van der Waals surface area (Å²) in [6, 6.07) is 0. The number of ether oxygens (including phenoxy) is 2. The van der Waals surface area contributed by atoms with Crippen LogP contribution in [0, 0.1) is 17.3 Å². The summed E-state index contributed by atoms with van der Waals surface area (Å²) in [6.45, 7) is 15.5. The topological polar surface area (TPSA) is 52.6 Å². The van der Waals surface area contributed by atoms with Crippen LogP contribution in [0.4, 0.5) is 0 Å². The van der Waals surface area contributed by atoms with Gasteiger partial charge in [-0.3, -0.25) is 9.59 Å². The molecule has 0 N–H and O–H groups in total. The smallest absolute Gasteiger partial charge is 0.323 e. The maximum Gasteiger partial charge on any atom is 0.323 e. The number of carbonyl (C=O) groups is 2. The second-order valence-corrected chi connectivity index (χ2v) is 7.87. The molecule has 23 heavy (non-hydrogen) atoms. The molecule has 0 aliphatic carbocycles. The van der Waals surface area contributed by atoms with Gasteiger partial charge in [0.05, 0.1) is 12.2 Å². The van der Waals surface area contributed by atoms with Gasteiger partial charge in [-0.25, -0.2) is 0 Å². The van der Waals surface area contributed by atoms with E-state index in [9.17, 15) is 9.59 Å². The molecule has 0 bridgehead atoms. The highest BCUT2D eigenvalue weighted by atomic mass is 16.6. The van der Waals surface area contributed by atoms with E-state index in [1.807, 2.05) is 13.8 Å². The van der Waals surface area contributed by atoms with E-state index in [1.54, 1.807) is 27.7 Å². The molecule has 4 nitrogen and oxygen atoms in total. The Morgan fingerprint density at radius 3 is 1.52 bits per heavy atom. The van der Waals surface area contributed by atoms with Crippen molar-refractivity contribution >= 4 is 11.9 Å². The van der Waals surface area contributed by atoms with Crippen molar-refractivity contribution in [1.82, 2.24) is 0 Å². The third-order valence-corrected chi connectivity index (χ3v) is 3.61. The molecular formula is C19H36O4. The Kier molecular flexibility index (Phi) is 9.48. The lowest BCUT2D eigenvalue weighted by Crippen LogP contribution is -2.44. The van der Waals surface area contributed by atoms with Gasteiger partial charge in [0.1, 0.15) is 0 Å². The first-order chi connectivity index (χ1) is 10.5. The number of esters is 2. The summed E-state index contributed by atoms with van der Waals surface area (Å²) in [5, 5.41) is 0. The first-order valence-corrected chi connectivity index (χ1v) is 8.93. The first kappa shape index (κ1) is 21.9. The zero-order chi connectivity index (χ0) is 18.2. The van der Waals surface area contributed by atoms with Crippen molar-refractivity contribution in [1.29, 1.82) is 0 Å². The lowest BCUT2D eigenvalue weighted by atomic mass is 9.75. The summed E-state index contributed by atoms with van der Waals surface area (Å²) in [4.78, 5) is 25.6. The van der Waals surface area contributed by atoms with E-state index in [4.69, 9.17) is 9.47 Å². The van der Waals surface area contributed by atoms with Gasteiger partial charge in [-0.15, -0.1) is 0 Å². The zero-order valence-corrected chi connectivity index (χ0v) is 16.3. The van der Waals surface area contributed by atoms with E-state index < -0.39 is 17.4 Å². The van der Waals surface area contributed by atoms with Crippen molar-refractivity contribution in [2.75, 3.05) is 0 Å². The van der Waals surface area contributed by atoms with E-state index in [0.29, 0.717) is 18.8 Å². The van der Waals surface area contributed by atoms with Crippen LogP contribution in [0.25, 0.3) is 0 Å². The van der Waals surface area contributed by atoms with Crippen molar-refractivity contribution < 1.29 is 19.1 Å². The maximum absolute atomic E-state index is 12.8. The minimum Gasteiger partial charge on any atom is -0.462 e. The summed E-state index contributed by atoms with van der Waals surface area (Å²) >= 11 is 0. The van der Waals surface area contributed by atoms with Gasteiger partial charge < -0.3 is 9.47 Å². The van der Waals surface area contributed by atoms with Crippen molar-refractivity contribution in [3.8, 4) is 0 Å². The number of rotatable bonds is 10. The van der Waals surface area contributed by atoms with Gasteiger partial charge in [-0.2, -0.15) is 0 Å². The molecule has 0 unspecified atom stereocenters. The van der Waals surface area contributed by atoms with Crippen LogP contribution in [-0.2, 0) is 19.1 Å². The average Bonchev–Trinajstić information content (AvgIpc) is 2.34. The Morgan fingerprint density at radius 2 is 1.22 bits per heavy atom. The molecule has 0 atom stereocenters. The Bertz CT molecular complexity index is 348. The molecule has 0 amide bonds. The fourth-order valence-corrected chi connectivity index (χ4v) is 2.72. The molecule has 0 heterocycles. The summed E-state index contributed by atoms with van der Waals surface area (Å²) in [6.07, 6.45) is 2.24. The van der Waals surface area contributed by atoms with Gasteiger partial charge in [0, 0.05) is 0 Å². The second kappa shape index (κ2) is 9.94. The molecule has 0 fully saturated rings. The van der Waals surface area contributed by atoms with Crippen LogP contribution in [0.3, 0.4) is 0 Å². The number of carbonyl (C=O) groups excluding carboxylic acids is 2. The molecule has 0 saturated heterocycles. The largest absolute Gasteiger partial charge is 0.462 e. The van der Waals surface area contributed by atoms with E-state index in [2.05, 4.69) is 13.8 Å². The Balaban J connectivity index is 5.50. The van der Waals surface area contributed by atoms with E-state index in [0.717, 1.165) is 12.8 Å². The Labute approximate surface area is 142 Å². The summed E-state index contributed by atoms with van der Waals surface area (Å²) in [5.74, 6) is -0.131. The first-order valence-electron chi connectivity index (χ1n) is 8.93. The van der Waals surface area contributed by atoms with Crippen LogP contribution in [0.1, 0.15) is 81.1 Å². The van der Waals surface area contributed by atoms with Crippen LogP contribution in [0.5, 0.6) is 0 Å². The lowest BCUT2D eigenvalue weighted by molar-refractivity contribution is -0.179. The quantitative estimate of drug-likeness (QED) is 0.429. The zero-order valence-electron chi connectivity index (χ0n) is 16.3. The molecule has 4 heteroatoms. The monoisotopic (exact) mass is 328 g/mol. The van der Waals surface area contributed by atoms with E-state index in [-0.39, 0.29) is 18.1 Å². The molecule has 0 radical (unpaired) electrons. The molecule has 0 rings (SSSR count). The van der Waals surface area contributed by atoms with Gasteiger partial charge >= 0.3 is 11.9 Å². The SMILES string of the molecule is CC(C)CCCC(CC(C)C)(C(=O)OC(C)C)C(=O)OC(C)C. The highest BCUT2D eigenvalue weighted by Gasteiger charge is 2.49. The van der Waals surface area contributed by atoms with E-state index in [1.165, 1.54) is 0 Å². The third-order valence-electron chi connectivity index (χ3n) is 3.61. The van der Waals surface area contributed by atoms with E-state index >= 15 is 0 Å². The van der Waals surface area contributed by atoms with Crippen LogP contribution in [0.2, 0.25) is 0 Å². The molecule has 0 aromatic rings. The summed E-state index contributed by atoms with van der Waals surface area (Å²) < 4.78 is 10.9. The van der Waals surface area contributed by atoms with Crippen molar-refractivity contribution in [2.24, 2.45) is 17.3 Å². The lowest BCUT2D eigenvalue weighted by Gasteiger charge is -2.32. The van der Waals surface area contributed by atoms with Crippen molar-refractivity contribution in [3.63, 3.8) is 0 Å². The third kappa shape index (κ3) is 7.85. The van der Waals surface area contributed by atoms with Gasteiger partial charge in [0.2, 0.25) is 0 Å². The molecule has 0 aromatic heterocycles. The fraction of sp³-hybridized carbons (Fsp3) is 0.895. The van der Waals surface area contributed by atoms with Crippen LogP contribution >= 0.6 is 0 Å². The highest BCUT2D eigenvalue weighted by molar-refractivity contribution is 6.00. The normalized spacial score (nSPS) is 12.3. The molecular weight excluding hydrogens is 292 g/mol. The minimum absolute atomic E-state index is 0.202. The van der Waals surface area contributed by atoms with Crippen LogP contribution in [-0.4, -0.2) is 24.1 Å². The molecule has 136 valence electrons. The molecule has 0 saturated carbocycles. The number of hydrogen-bond donors (Lipinski definition) is 0. The molecule has 0 spiro atoms. The Morgan fingerprint density at radius 1 is 0.783 bits per heavy atom. The van der Waals surface area contributed by atoms with Gasteiger partial charge in [-0.1, -0.05) is 40.5 Å². The van der Waals surface area contributed by atoms with Crippen molar-refractivity contribution in [2.45, 2.75) is 93.3 Å². The predicted octanol–water partition coefficient (Wildman–Crippen LogP) is 4.75. The predicted molar refractivity (Wildman–Crippen MR) is 93.0 cm³/mol. The Hall–Kier alpha value is -1.06. The fourth-order valence-electron chi connectivity index (χ4n) is 2.72. The number of hydrogen-bond acceptors (Lipinski definition) is 4. The second-order valence-electron chi connectivity index (χ2n) is 7.87. The maximum atomic E-state index is 12.8. The minimum atomic E-state index is -1.18. The summed E-state index contributed by atoms with van der Waals surface area (Å²) in [5.41, 5.74) is -1.18.